The van der Waals surface area contributed by atoms with Crippen molar-refractivity contribution in [1.29, 1.82) is 0 Å². The van der Waals surface area contributed by atoms with E-state index in [4.69, 9.17) is 0 Å². The number of halogens is 1. The van der Waals surface area contributed by atoms with Crippen LogP contribution in [-0.2, 0) is 0 Å². The Kier molecular flexibility index (Phi) is 4.05. The van der Waals surface area contributed by atoms with Gasteiger partial charge >= 0.3 is 0 Å². The predicted octanol–water partition coefficient (Wildman–Crippen LogP) is 5.45. The van der Waals surface area contributed by atoms with Gasteiger partial charge in [-0.3, -0.25) is 4.90 Å². The number of hydrogen-bond acceptors (Lipinski definition) is 2. The van der Waals surface area contributed by atoms with Crippen LogP contribution < -0.4 is 0 Å². The maximum Gasteiger partial charge on any atom is 0.0352 e. The van der Waals surface area contributed by atoms with Crippen LogP contribution in [0.4, 0.5) is 0 Å². The van der Waals surface area contributed by atoms with Gasteiger partial charge in [0.1, 0.15) is 0 Å². The second-order valence-electron chi connectivity index (χ2n) is 6.25. The Hall–Kier alpha value is -0.770. The van der Waals surface area contributed by atoms with Crippen molar-refractivity contribution in [2.75, 3.05) is 19.3 Å². The molecule has 22 heavy (non-hydrogen) atoms. The molecule has 4 rings (SSSR count). The maximum atomic E-state index is 3.66. The lowest BCUT2D eigenvalue weighted by molar-refractivity contribution is 0.230. The summed E-state index contributed by atoms with van der Waals surface area (Å²) < 4.78 is 1.21. The Morgan fingerprint density at radius 3 is 2.68 bits per heavy atom. The van der Waals surface area contributed by atoms with Crippen molar-refractivity contribution in [3.63, 3.8) is 0 Å². The molecule has 1 saturated heterocycles. The van der Waals surface area contributed by atoms with Crippen LogP contribution in [0.25, 0.3) is 0 Å². The maximum absolute atomic E-state index is 3.66. The number of hydrogen-bond donors (Lipinski definition) is 0. The lowest BCUT2D eigenvalue weighted by Gasteiger charge is -2.37. The topological polar surface area (TPSA) is 3.24 Å². The van der Waals surface area contributed by atoms with E-state index in [0.29, 0.717) is 12.0 Å². The first-order valence-corrected chi connectivity index (χ1v) is 9.95. The van der Waals surface area contributed by atoms with Crippen molar-refractivity contribution < 1.29 is 0 Å². The Labute approximate surface area is 145 Å². The van der Waals surface area contributed by atoms with E-state index in [1.807, 2.05) is 11.8 Å². The molecule has 1 nitrogen and oxygen atoms in total. The molecule has 0 N–H and O–H groups in total. The quantitative estimate of drug-likeness (QED) is 0.643. The molecule has 2 aliphatic heterocycles. The molecule has 2 atom stereocenters. The van der Waals surface area contributed by atoms with Crippen LogP contribution in [0.3, 0.4) is 0 Å². The van der Waals surface area contributed by atoms with Gasteiger partial charge in [-0.25, -0.2) is 0 Å². The number of thioether (sulfide) groups is 1. The molecule has 0 aromatic heterocycles. The van der Waals surface area contributed by atoms with Crippen LogP contribution in [0.15, 0.2) is 51.8 Å². The number of benzene rings is 2. The molecule has 2 aliphatic rings. The summed E-state index contributed by atoms with van der Waals surface area (Å²) in [6.07, 6.45) is 4.77. The van der Waals surface area contributed by atoms with Gasteiger partial charge < -0.3 is 0 Å². The molecule has 0 aliphatic carbocycles. The summed E-state index contributed by atoms with van der Waals surface area (Å²) in [6.45, 7) is 2.41. The minimum Gasteiger partial charge on any atom is -0.295 e. The van der Waals surface area contributed by atoms with Crippen LogP contribution in [0.1, 0.15) is 41.5 Å². The minimum absolute atomic E-state index is 0.508. The van der Waals surface area contributed by atoms with E-state index in [0.717, 1.165) is 6.54 Å². The SMILES string of the molecule is CSc1ccc(C2CN3CCCC3c3cc(Br)ccc32)cc1. The fourth-order valence-corrected chi connectivity index (χ4v) is 4.79. The fraction of sp³-hybridized carbons (Fsp3) is 0.368. The van der Waals surface area contributed by atoms with Gasteiger partial charge in [-0.15, -0.1) is 11.8 Å². The highest BCUT2D eigenvalue weighted by Crippen LogP contribution is 2.45. The van der Waals surface area contributed by atoms with Crippen molar-refractivity contribution in [2.24, 2.45) is 0 Å². The highest BCUT2D eigenvalue weighted by Gasteiger charge is 2.36. The van der Waals surface area contributed by atoms with Gasteiger partial charge in [0.25, 0.3) is 0 Å². The third kappa shape index (κ3) is 2.53. The largest absolute Gasteiger partial charge is 0.295 e. The van der Waals surface area contributed by atoms with Gasteiger partial charge in [-0.2, -0.15) is 0 Å². The Morgan fingerprint density at radius 1 is 1.09 bits per heavy atom. The van der Waals surface area contributed by atoms with Crippen molar-refractivity contribution in [2.45, 2.75) is 29.7 Å². The summed E-state index contributed by atoms with van der Waals surface area (Å²) in [4.78, 5) is 4.02. The summed E-state index contributed by atoms with van der Waals surface area (Å²) >= 11 is 5.47. The molecule has 2 heterocycles. The lowest BCUT2D eigenvalue weighted by atomic mass is 9.82. The van der Waals surface area contributed by atoms with E-state index in [1.54, 1.807) is 0 Å². The van der Waals surface area contributed by atoms with Gasteiger partial charge in [0, 0.05) is 27.9 Å². The molecule has 1 fully saturated rings. The summed E-state index contributed by atoms with van der Waals surface area (Å²) in [5.74, 6) is 0.508. The molecule has 0 radical (unpaired) electrons. The van der Waals surface area contributed by atoms with Gasteiger partial charge in [-0.05, 0) is 66.6 Å². The van der Waals surface area contributed by atoms with Crippen LogP contribution in [-0.4, -0.2) is 24.2 Å². The zero-order valence-electron chi connectivity index (χ0n) is 12.8. The third-order valence-electron chi connectivity index (χ3n) is 5.08. The number of rotatable bonds is 2. The summed E-state index contributed by atoms with van der Waals surface area (Å²) in [5, 5.41) is 0. The summed E-state index contributed by atoms with van der Waals surface area (Å²) in [7, 11) is 0. The lowest BCUT2D eigenvalue weighted by Crippen LogP contribution is -2.34. The summed E-state index contributed by atoms with van der Waals surface area (Å²) in [5.41, 5.74) is 4.52. The third-order valence-corrected chi connectivity index (χ3v) is 6.32. The molecule has 0 saturated carbocycles. The second kappa shape index (κ2) is 6.03. The Morgan fingerprint density at radius 2 is 1.91 bits per heavy atom. The average molecular weight is 374 g/mol. The molecule has 3 heteroatoms. The first kappa shape index (κ1) is 14.8. The molecular weight excluding hydrogens is 354 g/mol. The van der Waals surface area contributed by atoms with E-state index in [2.05, 4.69) is 69.6 Å². The van der Waals surface area contributed by atoms with E-state index in [1.165, 1.54) is 45.4 Å². The Bertz CT molecular complexity index is 682. The molecular formula is C19H20BrNS. The molecule has 2 aromatic rings. The van der Waals surface area contributed by atoms with Gasteiger partial charge in [0.05, 0.1) is 0 Å². The molecule has 114 valence electrons. The van der Waals surface area contributed by atoms with Crippen molar-refractivity contribution in [3.8, 4) is 0 Å². The minimum atomic E-state index is 0.508. The zero-order chi connectivity index (χ0) is 15.1. The zero-order valence-corrected chi connectivity index (χ0v) is 15.2. The van der Waals surface area contributed by atoms with Crippen LogP contribution in [0, 0.1) is 0 Å². The fourth-order valence-electron chi connectivity index (χ4n) is 4.00. The monoisotopic (exact) mass is 373 g/mol. The molecule has 2 unspecified atom stereocenters. The van der Waals surface area contributed by atoms with Crippen LogP contribution in [0.5, 0.6) is 0 Å². The standard InChI is InChI=1S/C19H20BrNS/c1-22-15-7-4-13(5-8-15)18-12-21-10-2-3-19(21)17-11-14(20)6-9-16(17)18/h4-9,11,18-19H,2-3,10,12H2,1H3. The van der Waals surface area contributed by atoms with E-state index < -0.39 is 0 Å². The highest BCUT2D eigenvalue weighted by molar-refractivity contribution is 9.10. The molecule has 0 spiro atoms. The number of nitrogens with zero attached hydrogens (tertiary/aromatic N) is 1. The molecule has 0 bridgehead atoms. The first-order chi connectivity index (χ1) is 10.8. The second-order valence-corrected chi connectivity index (χ2v) is 8.05. The molecule has 0 amide bonds. The van der Waals surface area contributed by atoms with E-state index in [9.17, 15) is 0 Å². The van der Waals surface area contributed by atoms with Crippen molar-refractivity contribution in [3.05, 3.63) is 63.6 Å². The van der Waals surface area contributed by atoms with Gasteiger partial charge in [0.15, 0.2) is 0 Å². The summed E-state index contributed by atoms with van der Waals surface area (Å²) in [6, 6.07) is 16.7. The van der Waals surface area contributed by atoms with Crippen molar-refractivity contribution >= 4 is 27.7 Å². The van der Waals surface area contributed by atoms with Gasteiger partial charge in [0.2, 0.25) is 0 Å². The van der Waals surface area contributed by atoms with Crippen LogP contribution in [0.2, 0.25) is 0 Å². The molecule has 2 aromatic carbocycles. The number of fused-ring (bicyclic) bond motifs is 3. The van der Waals surface area contributed by atoms with E-state index in [-0.39, 0.29) is 0 Å². The van der Waals surface area contributed by atoms with Crippen molar-refractivity contribution in [1.82, 2.24) is 4.90 Å². The van der Waals surface area contributed by atoms with Crippen LogP contribution >= 0.6 is 27.7 Å². The first-order valence-electron chi connectivity index (χ1n) is 7.93. The van der Waals surface area contributed by atoms with Gasteiger partial charge in [-0.1, -0.05) is 34.1 Å². The normalized spacial score (nSPS) is 24.1. The van der Waals surface area contributed by atoms with E-state index >= 15 is 0 Å². The smallest absolute Gasteiger partial charge is 0.0352 e. The highest BCUT2D eigenvalue weighted by atomic mass is 79.9. The average Bonchev–Trinajstić information content (AvgIpc) is 3.03. The predicted molar refractivity (Wildman–Crippen MR) is 97.8 cm³/mol. The Balaban J connectivity index is 1.78.